The van der Waals surface area contributed by atoms with Crippen molar-refractivity contribution in [3.63, 3.8) is 0 Å². The van der Waals surface area contributed by atoms with Crippen LogP contribution in [0.4, 0.5) is 9.80 Å². The average molecular weight is 373 g/mol. The number of anilines is 1. The zero-order chi connectivity index (χ0) is 18.7. The second kappa shape index (κ2) is 7.57. The summed E-state index contributed by atoms with van der Waals surface area (Å²) in [5, 5.41) is 5.96. The van der Waals surface area contributed by atoms with Crippen molar-refractivity contribution >= 4 is 34.2 Å². The molecule has 26 heavy (non-hydrogen) atoms. The van der Waals surface area contributed by atoms with Gasteiger partial charge in [0.2, 0.25) is 0 Å². The van der Waals surface area contributed by atoms with Crippen LogP contribution in [0.25, 0.3) is 0 Å². The van der Waals surface area contributed by atoms with Crippen LogP contribution < -0.4 is 10.6 Å². The van der Waals surface area contributed by atoms with Crippen LogP contribution in [0, 0.1) is 0 Å². The first kappa shape index (κ1) is 17.9. The first-order valence-corrected chi connectivity index (χ1v) is 8.92. The van der Waals surface area contributed by atoms with Gasteiger partial charge in [0, 0.05) is 24.0 Å². The molecule has 0 atom stereocenters. The van der Waals surface area contributed by atoms with Crippen molar-refractivity contribution in [1.82, 2.24) is 10.2 Å². The molecule has 0 saturated carbocycles. The lowest BCUT2D eigenvalue weighted by molar-refractivity contribution is 0.0962. The fourth-order valence-electron chi connectivity index (χ4n) is 2.91. The van der Waals surface area contributed by atoms with Gasteiger partial charge in [0.15, 0.2) is 0 Å². The quantitative estimate of drug-likeness (QED) is 0.865. The predicted octanol–water partition coefficient (Wildman–Crippen LogP) is 2.48. The van der Waals surface area contributed by atoms with Crippen molar-refractivity contribution < 1.29 is 19.1 Å². The number of methoxy groups -OCH3 is 1. The van der Waals surface area contributed by atoms with Gasteiger partial charge in [-0.3, -0.25) is 9.59 Å². The Morgan fingerprint density at radius 1 is 1.15 bits per heavy atom. The molecule has 1 aromatic heterocycles. The van der Waals surface area contributed by atoms with Gasteiger partial charge in [-0.1, -0.05) is 18.2 Å². The zero-order valence-electron chi connectivity index (χ0n) is 14.5. The van der Waals surface area contributed by atoms with Crippen LogP contribution in [0.3, 0.4) is 0 Å². The van der Waals surface area contributed by atoms with Gasteiger partial charge in [-0.15, -0.1) is 11.3 Å². The molecule has 0 saturated heterocycles. The molecule has 1 aromatic carbocycles. The molecule has 8 heteroatoms. The van der Waals surface area contributed by atoms with E-state index in [0.717, 1.165) is 10.4 Å². The highest BCUT2D eigenvalue weighted by Gasteiger charge is 2.30. The number of rotatable bonds is 3. The number of carbonyl (C=O) groups is 3. The zero-order valence-corrected chi connectivity index (χ0v) is 15.3. The molecule has 2 aromatic rings. The van der Waals surface area contributed by atoms with Crippen molar-refractivity contribution in [2.45, 2.75) is 13.0 Å². The summed E-state index contributed by atoms with van der Waals surface area (Å²) < 4.78 is 4.78. The number of ether oxygens (including phenoxy) is 1. The highest BCUT2D eigenvalue weighted by Crippen LogP contribution is 2.37. The molecule has 1 aliphatic heterocycles. The summed E-state index contributed by atoms with van der Waals surface area (Å²) in [6.45, 7) is 0.824. The fraction of sp³-hybridized carbons (Fsp3) is 0.278. The number of thiophene rings is 1. The first-order chi connectivity index (χ1) is 12.5. The van der Waals surface area contributed by atoms with E-state index in [4.69, 9.17) is 4.74 Å². The molecule has 7 nitrogen and oxygen atoms in total. The summed E-state index contributed by atoms with van der Waals surface area (Å²) >= 11 is 1.32. The number of nitrogens with zero attached hydrogens (tertiary/aromatic N) is 1. The van der Waals surface area contributed by atoms with Crippen molar-refractivity contribution in [2.75, 3.05) is 26.0 Å². The fourth-order valence-corrected chi connectivity index (χ4v) is 4.16. The van der Waals surface area contributed by atoms with Crippen LogP contribution in [0.2, 0.25) is 0 Å². The van der Waals surface area contributed by atoms with Gasteiger partial charge in [0.05, 0.1) is 19.2 Å². The van der Waals surface area contributed by atoms with E-state index in [1.807, 2.05) is 6.07 Å². The molecule has 0 fully saturated rings. The molecule has 2 heterocycles. The summed E-state index contributed by atoms with van der Waals surface area (Å²) in [7, 11) is 2.90. The molecular weight excluding hydrogens is 354 g/mol. The minimum atomic E-state index is -0.402. The number of benzene rings is 1. The maximum atomic E-state index is 12.5. The summed E-state index contributed by atoms with van der Waals surface area (Å²) in [6.07, 6.45) is 0.130. The predicted molar refractivity (Wildman–Crippen MR) is 98.6 cm³/mol. The Hall–Kier alpha value is -2.87. The number of nitrogens with one attached hydrogen (secondary N) is 2. The summed E-state index contributed by atoms with van der Waals surface area (Å²) in [4.78, 5) is 39.1. The largest absolute Gasteiger partial charge is 0.453 e. The maximum Gasteiger partial charge on any atom is 0.409 e. The van der Waals surface area contributed by atoms with Gasteiger partial charge in [0.25, 0.3) is 11.8 Å². The lowest BCUT2D eigenvalue weighted by Gasteiger charge is -2.25. The van der Waals surface area contributed by atoms with E-state index in [1.165, 1.54) is 18.4 Å². The number of hydrogen-bond acceptors (Lipinski definition) is 5. The van der Waals surface area contributed by atoms with E-state index in [0.29, 0.717) is 35.6 Å². The second-order valence-corrected chi connectivity index (χ2v) is 6.85. The molecule has 0 bridgehead atoms. The van der Waals surface area contributed by atoms with E-state index in [1.54, 1.807) is 36.2 Å². The topological polar surface area (TPSA) is 87.7 Å². The SMILES string of the molecule is CNC(=O)c1c(NC(=O)c2ccccc2)sc2c1CCN(C(=O)OC)C2. The van der Waals surface area contributed by atoms with Crippen molar-refractivity contribution in [1.29, 1.82) is 0 Å². The van der Waals surface area contributed by atoms with E-state index in [-0.39, 0.29) is 11.8 Å². The standard InChI is InChI=1S/C18H19N3O4S/c1-19-16(23)14-12-8-9-21(18(24)25-2)10-13(12)26-17(14)20-15(22)11-6-4-3-5-7-11/h3-7H,8-10H2,1-2H3,(H,19,23)(H,20,22). The third-order valence-electron chi connectivity index (χ3n) is 4.21. The Morgan fingerprint density at radius 2 is 1.88 bits per heavy atom. The van der Waals surface area contributed by atoms with Crippen molar-refractivity contribution in [3.8, 4) is 0 Å². The Bertz CT molecular complexity index is 848. The Balaban J connectivity index is 1.93. The van der Waals surface area contributed by atoms with Gasteiger partial charge in [-0.25, -0.2) is 4.79 Å². The van der Waals surface area contributed by atoms with Crippen LogP contribution in [0.5, 0.6) is 0 Å². The molecule has 0 spiro atoms. The molecule has 3 rings (SSSR count). The molecular formula is C18H19N3O4S. The van der Waals surface area contributed by atoms with Crippen LogP contribution in [-0.4, -0.2) is 43.5 Å². The van der Waals surface area contributed by atoms with Crippen molar-refractivity contribution in [2.24, 2.45) is 0 Å². The molecule has 136 valence electrons. The third kappa shape index (κ3) is 3.41. The third-order valence-corrected chi connectivity index (χ3v) is 5.34. The number of carbonyl (C=O) groups excluding carboxylic acids is 3. The van der Waals surface area contributed by atoms with E-state index in [2.05, 4.69) is 10.6 Å². The molecule has 0 radical (unpaired) electrons. The Morgan fingerprint density at radius 3 is 2.54 bits per heavy atom. The normalized spacial score (nSPS) is 12.9. The Labute approximate surface area is 155 Å². The number of hydrogen-bond donors (Lipinski definition) is 2. The molecule has 0 unspecified atom stereocenters. The lowest BCUT2D eigenvalue weighted by atomic mass is 10.0. The van der Waals surface area contributed by atoms with Crippen LogP contribution in [0.1, 0.15) is 31.2 Å². The molecule has 3 amide bonds. The van der Waals surface area contributed by atoms with Crippen LogP contribution in [0.15, 0.2) is 30.3 Å². The van der Waals surface area contributed by atoms with Crippen LogP contribution in [-0.2, 0) is 17.7 Å². The number of amides is 3. The van der Waals surface area contributed by atoms with E-state index >= 15 is 0 Å². The summed E-state index contributed by atoms with van der Waals surface area (Å²) in [5.41, 5.74) is 1.86. The molecule has 0 aliphatic carbocycles. The molecule has 1 aliphatic rings. The highest BCUT2D eigenvalue weighted by molar-refractivity contribution is 7.17. The van der Waals surface area contributed by atoms with Gasteiger partial charge in [-0.2, -0.15) is 0 Å². The Kier molecular flexibility index (Phi) is 5.22. The second-order valence-electron chi connectivity index (χ2n) is 5.75. The van der Waals surface area contributed by atoms with Gasteiger partial charge in [-0.05, 0) is 24.1 Å². The van der Waals surface area contributed by atoms with Crippen LogP contribution >= 0.6 is 11.3 Å². The first-order valence-electron chi connectivity index (χ1n) is 8.11. The summed E-state index contributed by atoms with van der Waals surface area (Å²) in [6, 6.07) is 8.81. The van der Waals surface area contributed by atoms with Gasteiger partial charge < -0.3 is 20.3 Å². The minimum absolute atomic E-state index is 0.252. The molecule has 2 N–H and O–H groups in total. The highest BCUT2D eigenvalue weighted by atomic mass is 32.1. The van der Waals surface area contributed by atoms with Gasteiger partial charge >= 0.3 is 6.09 Å². The maximum absolute atomic E-state index is 12.5. The van der Waals surface area contributed by atoms with Gasteiger partial charge in [0.1, 0.15) is 5.00 Å². The monoisotopic (exact) mass is 373 g/mol. The lowest BCUT2D eigenvalue weighted by Crippen LogP contribution is -2.35. The summed E-state index contributed by atoms with van der Waals surface area (Å²) in [5.74, 6) is -0.531. The average Bonchev–Trinajstić information content (AvgIpc) is 3.04. The smallest absolute Gasteiger partial charge is 0.409 e. The van der Waals surface area contributed by atoms with Crippen molar-refractivity contribution in [3.05, 3.63) is 51.9 Å². The minimum Gasteiger partial charge on any atom is -0.453 e. The van der Waals surface area contributed by atoms with E-state index in [9.17, 15) is 14.4 Å². The van der Waals surface area contributed by atoms with E-state index < -0.39 is 6.09 Å². The number of fused-ring (bicyclic) bond motifs is 1.